The minimum Gasteiger partial charge on any atom is -0.419 e. The summed E-state index contributed by atoms with van der Waals surface area (Å²) in [6.45, 7) is 1.54. The quantitative estimate of drug-likeness (QED) is 0.550. The van der Waals surface area contributed by atoms with Crippen molar-refractivity contribution in [2.45, 2.75) is 13.3 Å². The molecule has 0 saturated heterocycles. The molecule has 0 bridgehead atoms. The first-order chi connectivity index (χ1) is 14.3. The standard InChI is InChI=1S/C22H14F2O6/c1-2-16-19(26)18(29-21(27)12-5-3-7-14(23)9-12)11-17(25)20(16)30-22(28)13-6-4-8-15(24)10-13/h3-11H,2H2,1H3. The van der Waals surface area contributed by atoms with Gasteiger partial charge in [-0.1, -0.05) is 19.1 Å². The summed E-state index contributed by atoms with van der Waals surface area (Å²) in [5, 5.41) is 0. The van der Waals surface area contributed by atoms with E-state index in [9.17, 15) is 28.0 Å². The second kappa shape index (κ2) is 8.60. The van der Waals surface area contributed by atoms with E-state index in [0.29, 0.717) is 6.08 Å². The maximum Gasteiger partial charge on any atom is 0.343 e. The Morgan fingerprint density at radius 1 is 0.867 bits per heavy atom. The van der Waals surface area contributed by atoms with Gasteiger partial charge in [0.2, 0.25) is 11.6 Å². The first-order valence-electron chi connectivity index (χ1n) is 8.79. The summed E-state index contributed by atoms with van der Waals surface area (Å²) in [6.07, 6.45) is 0.706. The van der Waals surface area contributed by atoms with Crippen LogP contribution in [0.25, 0.3) is 0 Å². The molecule has 0 unspecified atom stereocenters. The van der Waals surface area contributed by atoms with Gasteiger partial charge in [0.25, 0.3) is 0 Å². The molecule has 0 aliphatic heterocycles. The van der Waals surface area contributed by atoms with Gasteiger partial charge in [-0.15, -0.1) is 0 Å². The highest BCUT2D eigenvalue weighted by Crippen LogP contribution is 2.25. The molecule has 8 heteroatoms. The van der Waals surface area contributed by atoms with Crippen molar-refractivity contribution >= 4 is 23.5 Å². The van der Waals surface area contributed by atoms with Gasteiger partial charge in [0.15, 0.2) is 11.5 Å². The highest BCUT2D eigenvalue weighted by atomic mass is 19.1. The van der Waals surface area contributed by atoms with Crippen LogP contribution in [0.5, 0.6) is 0 Å². The van der Waals surface area contributed by atoms with E-state index >= 15 is 0 Å². The van der Waals surface area contributed by atoms with E-state index in [1.165, 1.54) is 31.2 Å². The van der Waals surface area contributed by atoms with Gasteiger partial charge in [-0.2, -0.15) is 0 Å². The monoisotopic (exact) mass is 412 g/mol. The van der Waals surface area contributed by atoms with Crippen molar-refractivity contribution in [2.75, 3.05) is 0 Å². The van der Waals surface area contributed by atoms with Crippen LogP contribution in [-0.4, -0.2) is 23.5 Å². The molecule has 0 fully saturated rings. The van der Waals surface area contributed by atoms with E-state index in [1.54, 1.807) is 0 Å². The highest BCUT2D eigenvalue weighted by Gasteiger charge is 2.33. The molecule has 0 amide bonds. The Hall–Kier alpha value is -3.94. The van der Waals surface area contributed by atoms with Crippen molar-refractivity contribution in [1.82, 2.24) is 0 Å². The SMILES string of the molecule is CCC1=C(OC(=O)c2cccc(F)c2)C(=O)C=C(OC(=O)c2cccc(F)c2)C1=O. The van der Waals surface area contributed by atoms with E-state index in [2.05, 4.69) is 0 Å². The van der Waals surface area contributed by atoms with Crippen LogP contribution in [0, 0.1) is 11.6 Å². The van der Waals surface area contributed by atoms with Crippen LogP contribution >= 0.6 is 0 Å². The topological polar surface area (TPSA) is 86.7 Å². The fourth-order valence-corrected chi connectivity index (χ4v) is 2.70. The molecule has 0 heterocycles. The first-order valence-corrected chi connectivity index (χ1v) is 8.79. The highest BCUT2D eigenvalue weighted by molar-refractivity contribution is 6.22. The summed E-state index contributed by atoms with van der Waals surface area (Å²) in [7, 11) is 0. The van der Waals surface area contributed by atoms with Crippen molar-refractivity contribution in [2.24, 2.45) is 0 Å². The van der Waals surface area contributed by atoms with E-state index in [0.717, 1.165) is 24.3 Å². The summed E-state index contributed by atoms with van der Waals surface area (Å²) in [4.78, 5) is 49.5. The number of allylic oxidation sites excluding steroid dienone is 2. The summed E-state index contributed by atoms with van der Waals surface area (Å²) in [6, 6.07) is 9.24. The van der Waals surface area contributed by atoms with E-state index in [-0.39, 0.29) is 23.1 Å². The molecule has 0 atom stereocenters. The van der Waals surface area contributed by atoms with Crippen LogP contribution in [0.4, 0.5) is 8.78 Å². The van der Waals surface area contributed by atoms with Gasteiger partial charge < -0.3 is 9.47 Å². The maximum absolute atomic E-state index is 13.3. The molecule has 1 aliphatic carbocycles. The van der Waals surface area contributed by atoms with Crippen molar-refractivity contribution in [3.8, 4) is 0 Å². The van der Waals surface area contributed by atoms with Crippen molar-refractivity contribution < 1.29 is 37.4 Å². The number of benzene rings is 2. The Balaban J connectivity index is 1.82. The molecule has 0 aromatic heterocycles. The molecule has 1 aliphatic rings. The lowest BCUT2D eigenvalue weighted by Gasteiger charge is -2.17. The third-order valence-electron chi connectivity index (χ3n) is 4.13. The summed E-state index contributed by atoms with van der Waals surface area (Å²) < 4.78 is 36.6. The fraction of sp³-hybridized carbons (Fsp3) is 0.0909. The van der Waals surface area contributed by atoms with Crippen LogP contribution < -0.4 is 0 Å². The lowest BCUT2D eigenvalue weighted by Crippen LogP contribution is -2.25. The van der Waals surface area contributed by atoms with Crippen LogP contribution in [0.2, 0.25) is 0 Å². The van der Waals surface area contributed by atoms with Gasteiger partial charge in [0.1, 0.15) is 11.6 Å². The first kappa shape index (κ1) is 20.8. The zero-order valence-corrected chi connectivity index (χ0v) is 15.6. The molecular formula is C22H14F2O6. The maximum atomic E-state index is 13.3. The predicted molar refractivity (Wildman–Crippen MR) is 99.0 cm³/mol. The number of carbonyl (C=O) groups is 4. The lowest BCUT2D eigenvalue weighted by molar-refractivity contribution is -0.119. The van der Waals surface area contributed by atoms with Gasteiger partial charge in [-0.3, -0.25) is 9.59 Å². The van der Waals surface area contributed by atoms with E-state index < -0.39 is 46.7 Å². The number of ketones is 2. The van der Waals surface area contributed by atoms with E-state index in [4.69, 9.17) is 9.47 Å². The number of Topliss-reactive ketones (excluding diaryl/α,β-unsaturated/α-hetero) is 1. The number of rotatable bonds is 5. The molecule has 0 spiro atoms. The van der Waals surface area contributed by atoms with Crippen molar-refractivity contribution in [1.29, 1.82) is 0 Å². The molecule has 0 N–H and O–H groups in total. The fourth-order valence-electron chi connectivity index (χ4n) is 2.70. The molecule has 0 radical (unpaired) electrons. The molecular weight excluding hydrogens is 398 g/mol. The number of hydrogen-bond donors (Lipinski definition) is 0. The second-order valence-corrected chi connectivity index (χ2v) is 6.16. The van der Waals surface area contributed by atoms with Crippen LogP contribution in [-0.2, 0) is 19.1 Å². The van der Waals surface area contributed by atoms with Gasteiger partial charge in [-0.25, -0.2) is 18.4 Å². The Morgan fingerprint density at radius 3 is 1.90 bits per heavy atom. The molecule has 30 heavy (non-hydrogen) atoms. The minimum absolute atomic E-state index is 0.00874. The molecule has 152 valence electrons. The molecule has 2 aromatic carbocycles. The Labute approximate surface area is 169 Å². The Morgan fingerprint density at radius 2 is 1.40 bits per heavy atom. The third kappa shape index (κ3) is 4.38. The Kier molecular flexibility index (Phi) is 5.96. The van der Waals surface area contributed by atoms with Crippen LogP contribution in [0.15, 0.2) is 71.7 Å². The number of ether oxygens (including phenoxy) is 2. The lowest BCUT2D eigenvalue weighted by atomic mass is 9.97. The van der Waals surface area contributed by atoms with Crippen LogP contribution in [0.1, 0.15) is 34.1 Å². The number of hydrogen-bond acceptors (Lipinski definition) is 6. The molecule has 2 aromatic rings. The third-order valence-corrected chi connectivity index (χ3v) is 4.13. The average molecular weight is 412 g/mol. The van der Waals surface area contributed by atoms with Crippen LogP contribution in [0.3, 0.4) is 0 Å². The molecule has 0 saturated carbocycles. The predicted octanol–water partition coefficient (Wildman–Crippen LogP) is 3.68. The van der Waals surface area contributed by atoms with Gasteiger partial charge in [0, 0.05) is 6.08 Å². The smallest absolute Gasteiger partial charge is 0.343 e. The minimum atomic E-state index is -1.03. The average Bonchev–Trinajstić information content (AvgIpc) is 2.71. The van der Waals surface area contributed by atoms with Crippen molar-refractivity contribution in [3.05, 3.63) is 94.5 Å². The normalized spacial score (nSPS) is 13.8. The summed E-state index contributed by atoms with van der Waals surface area (Å²) >= 11 is 0. The largest absolute Gasteiger partial charge is 0.419 e. The van der Waals surface area contributed by atoms with E-state index in [1.807, 2.05) is 0 Å². The molecule has 6 nitrogen and oxygen atoms in total. The zero-order chi connectivity index (χ0) is 21.8. The molecule has 3 rings (SSSR count). The van der Waals surface area contributed by atoms with Gasteiger partial charge in [-0.05, 0) is 42.8 Å². The van der Waals surface area contributed by atoms with Gasteiger partial charge in [0.05, 0.1) is 16.7 Å². The summed E-state index contributed by atoms with van der Waals surface area (Å²) in [5.41, 5.74) is -0.485. The van der Waals surface area contributed by atoms with Crippen molar-refractivity contribution in [3.63, 3.8) is 0 Å². The zero-order valence-electron chi connectivity index (χ0n) is 15.6. The number of carbonyl (C=O) groups excluding carboxylic acids is 4. The summed E-state index contributed by atoms with van der Waals surface area (Å²) in [5.74, 6) is -6.21. The number of esters is 2. The number of halogens is 2. The van der Waals surface area contributed by atoms with Gasteiger partial charge >= 0.3 is 11.9 Å². The second-order valence-electron chi connectivity index (χ2n) is 6.16. The Bertz CT molecular complexity index is 1130.